The monoisotopic (exact) mass is 174 g/mol. The van der Waals surface area contributed by atoms with Gasteiger partial charge in [0.2, 0.25) is 5.91 Å². The van der Waals surface area contributed by atoms with Crippen LogP contribution in [-0.2, 0) is 4.79 Å². The summed E-state index contributed by atoms with van der Waals surface area (Å²) in [5.41, 5.74) is 5.48. The summed E-state index contributed by atoms with van der Waals surface area (Å²) in [5.74, 6) is -0.182. The molecule has 1 unspecified atom stereocenters. The molecule has 4 nitrogen and oxygen atoms in total. The number of hydrogen-bond donors (Lipinski definition) is 3. The van der Waals surface area contributed by atoms with Crippen molar-refractivity contribution >= 4 is 5.91 Å². The third-order valence-electron chi connectivity index (χ3n) is 1.84. The van der Waals surface area contributed by atoms with Crippen LogP contribution in [0.15, 0.2) is 0 Å². The van der Waals surface area contributed by atoms with E-state index in [2.05, 4.69) is 5.32 Å². The van der Waals surface area contributed by atoms with Crippen molar-refractivity contribution < 1.29 is 9.90 Å². The van der Waals surface area contributed by atoms with Crippen molar-refractivity contribution in [3.05, 3.63) is 0 Å². The Balaban J connectivity index is 3.81. The average Bonchev–Trinajstić information content (AvgIpc) is 2.12. The highest BCUT2D eigenvalue weighted by molar-refractivity contribution is 5.81. The van der Waals surface area contributed by atoms with Gasteiger partial charge in [0.25, 0.3) is 0 Å². The number of nitrogens with two attached hydrogens (primary N) is 1. The van der Waals surface area contributed by atoms with Gasteiger partial charge in [-0.05, 0) is 12.8 Å². The van der Waals surface area contributed by atoms with Crippen LogP contribution in [-0.4, -0.2) is 29.7 Å². The number of aliphatic hydroxyl groups excluding tert-OH is 1. The standard InChI is InChI=1S/C8H18N2O2/c1-3-6(5-11)10-8(12)7(9)4-2/h6-7,11H,3-5,9H2,1-2H3,(H,10,12)/t6?,7-/m0/s1. The van der Waals surface area contributed by atoms with Gasteiger partial charge < -0.3 is 16.2 Å². The smallest absolute Gasteiger partial charge is 0.237 e. The molecule has 4 heteroatoms. The number of nitrogens with one attached hydrogen (secondary N) is 1. The lowest BCUT2D eigenvalue weighted by Gasteiger charge is -2.16. The summed E-state index contributed by atoms with van der Waals surface area (Å²) in [6, 6.07) is -0.610. The van der Waals surface area contributed by atoms with Crippen LogP contribution in [0.5, 0.6) is 0 Å². The van der Waals surface area contributed by atoms with Gasteiger partial charge in [0.05, 0.1) is 18.7 Å². The van der Waals surface area contributed by atoms with Crippen molar-refractivity contribution in [2.75, 3.05) is 6.61 Å². The second-order valence-electron chi connectivity index (χ2n) is 2.81. The molecule has 0 aromatic carbocycles. The molecular weight excluding hydrogens is 156 g/mol. The summed E-state index contributed by atoms with van der Waals surface area (Å²) in [5, 5.41) is 11.4. The molecule has 0 rings (SSSR count). The maximum atomic E-state index is 11.2. The Bertz CT molecular complexity index is 135. The molecule has 0 saturated carbocycles. The molecule has 0 aliphatic heterocycles. The maximum absolute atomic E-state index is 11.2. The Hall–Kier alpha value is -0.610. The van der Waals surface area contributed by atoms with Gasteiger partial charge in [0.1, 0.15) is 0 Å². The van der Waals surface area contributed by atoms with Crippen molar-refractivity contribution in [1.82, 2.24) is 5.32 Å². The van der Waals surface area contributed by atoms with E-state index in [1.54, 1.807) is 0 Å². The lowest BCUT2D eigenvalue weighted by atomic mass is 10.2. The summed E-state index contributed by atoms with van der Waals surface area (Å²) in [6.07, 6.45) is 1.34. The van der Waals surface area contributed by atoms with Crippen LogP contribution in [0.25, 0.3) is 0 Å². The molecule has 0 saturated heterocycles. The fourth-order valence-corrected chi connectivity index (χ4v) is 0.770. The van der Waals surface area contributed by atoms with Gasteiger partial charge >= 0.3 is 0 Å². The highest BCUT2D eigenvalue weighted by Gasteiger charge is 2.14. The minimum atomic E-state index is -0.453. The van der Waals surface area contributed by atoms with Gasteiger partial charge in [0, 0.05) is 0 Å². The van der Waals surface area contributed by atoms with E-state index in [1.165, 1.54) is 0 Å². The number of amides is 1. The molecule has 0 aromatic rings. The molecule has 0 radical (unpaired) electrons. The number of aliphatic hydroxyl groups is 1. The van der Waals surface area contributed by atoms with Crippen LogP contribution < -0.4 is 11.1 Å². The summed E-state index contributed by atoms with van der Waals surface area (Å²) in [6.45, 7) is 3.72. The normalized spacial score (nSPS) is 15.3. The first-order valence-corrected chi connectivity index (χ1v) is 4.32. The Labute approximate surface area is 73.1 Å². The van der Waals surface area contributed by atoms with Crippen molar-refractivity contribution in [3.63, 3.8) is 0 Å². The van der Waals surface area contributed by atoms with Crippen LogP contribution >= 0.6 is 0 Å². The van der Waals surface area contributed by atoms with E-state index >= 15 is 0 Å². The zero-order valence-electron chi connectivity index (χ0n) is 7.71. The Morgan fingerprint density at radius 1 is 1.50 bits per heavy atom. The van der Waals surface area contributed by atoms with E-state index in [1.807, 2.05) is 13.8 Å². The van der Waals surface area contributed by atoms with Gasteiger partial charge in [-0.15, -0.1) is 0 Å². The molecule has 0 bridgehead atoms. The summed E-state index contributed by atoms with van der Waals surface area (Å²) in [4.78, 5) is 11.2. The minimum Gasteiger partial charge on any atom is -0.394 e. The van der Waals surface area contributed by atoms with E-state index in [0.29, 0.717) is 6.42 Å². The van der Waals surface area contributed by atoms with Gasteiger partial charge in [-0.2, -0.15) is 0 Å². The molecule has 0 spiro atoms. The van der Waals surface area contributed by atoms with Crippen LogP contribution in [0.4, 0.5) is 0 Å². The fraction of sp³-hybridized carbons (Fsp3) is 0.875. The van der Waals surface area contributed by atoms with E-state index in [0.717, 1.165) is 6.42 Å². The number of carbonyl (C=O) groups is 1. The molecule has 0 fully saturated rings. The first-order chi connectivity index (χ1) is 5.65. The Morgan fingerprint density at radius 2 is 2.08 bits per heavy atom. The van der Waals surface area contributed by atoms with Crippen molar-refractivity contribution in [2.45, 2.75) is 38.8 Å². The van der Waals surface area contributed by atoms with Gasteiger partial charge in [-0.25, -0.2) is 0 Å². The second-order valence-corrected chi connectivity index (χ2v) is 2.81. The van der Waals surface area contributed by atoms with Gasteiger partial charge in [-0.3, -0.25) is 4.79 Å². The van der Waals surface area contributed by atoms with E-state index < -0.39 is 6.04 Å². The molecule has 1 amide bonds. The SMILES string of the molecule is CCC(CO)NC(=O)[C@@H](N)CC. The van der Waals surface area contributed by atoms with Gasteiger partial charge in [0.15, 0.2) is 0 Å². The molecule has 0 aromatic heterocycles. The van der Waals surface area contributed by atoms with Crippen LogP contribution in [0.2, 0.25) is 0 Å². The lowest BCUT2D eigenvalue weighted by molar-refractivity contribution is -0.123. The van der Waals surface area contributed by atoms with E-state index in [-0.39, 0.29) is 18.6 Å². The zero-order chi connectivity index (χ0) is 9.56. The van der Waals surface area contributed by atoms with Gasteiger partial charge in [-0.1, -0.05) is 13.8 Å². The molecule has 2 atom stereocenters. The highest BCUT2D eigenvalue weighted by atomic mass is 16.3. The van der Waals surface area contributed by atoms with Crippen LogP contribution in [0.1, 0.15) is 26.7 Å². The predicted molar refractivity (Wildman–Crippen MR) is 47.6 cm³/mol. The molecule has 12 heavy (non-hydrogen) atoms. The predicted octanol–water partition coefficient (Wildman–Crippen LogP) is -0.389. The summed E-state index contributed by atoms with van der Waals surface area (Å²) in [7, 11) is 0. The fourth-order valence-electron chi connectivity index (χ4n) is 0.770. The lowest BCUT2D eigenvalue weighted by Crippen LogP contribution is -2.46. The quantitative estimate of drug-likeness (QED) is 0.531. The van der Waals surface area contributed by atoms with E-state index in [4.69, 9.17) is 10.8 Å². The molecule has 0 aliphatic rings. The van der Waals surface area contributed by atoms with E-state index in [9.17, 15) is 4.79 Å². The molecular formula is C8H18N2O2. The second kappa shape index (κ2) is 5.97. The Morgan fingerprint density at radius 3 is 2.42 bits per heavy atom. The first kappa shape index (κ1) is 11.4. The highest BCUT2D eigenvalue weighted by Crippen LogP contribution is 1.92. The first-order valence-electron chi connectivity index (χ1n) is 4.32. The molecule has 0 heterocycles. The average molecular weight is 174 g/mol. The molecule has 4 N–H and O–H groups in total. The molecule has 0 aliphatic carbocycles. The van der Waals surface area contributed by atoms with Crippen molar-refractivity contribution in [1.29, 1.82) is 0 Å². The van der Waals surface area contributed by atoms with Crippen LogP contribution in [0.3, 0.4) is 0 Å². The van der Waals surface area contributed by atoms with Crippen molar-refractivity contribution in [2.24, 2.45) is 5.73 Å². The Kier molecular flexibility index (Phi) is 5.66. The number of carbonyl (C=O) groups excluding carboxylic acids is 1. The minimum absolute atomic E-state index is 0.0291. The zero-order valence-corrected chi connectivity index (χ0v) is 7.71. The summed E-state index contributed by atoms with van der Waals surface area (Å²) < 4.78 is 0. The maximum Gasteiger partial charge on any atom is 0.237 e. The van der Waals surface area contributed by atoms with Crippen LogP contribution in [0, 0.1) is 0 Å². The topological polar surface area (TPSA) is 75.3 Å². The number of rotatable bonds is 5. The third kappa shape index (κ3) is 3.69. The third-order valence-corrected chi connectivity index (χ3v) is 1.84. The largest absolute Gasteiger partial charge is 0.394 e. The number of hydrogen-bond acceptors (Lipinski definition) is 3. The summed E-state index contributed by atoms with van der Waals surface area (Å²) >= 11 is 0. The molecule has 72 valence electrons. The van der Waals surface area contributed by atoms with Crippen molar-refractivity contribution in [3.8, 4) is 0 Å².